The lowest BCUT2D eigenvalue weighted by atomic mass is 9.78. The van der Waals surface area contributed by atoms with Crippen molar-refractivity contribution in [2.24, 2.45) is 11.8 Å². The number of anilines is 2. The molecule has 0 heterocycles. The van der Waals surface area contributed by atoms with Gasteiger partial charge in [0.05, 0.1) is 11.4 Å². The zero-order chi connectivity index (χ0) is 47.7. The topological polar surface area (TPSA) is 163 Å². The number of allylic oxidation sites excluding steroid dienone is 5. The molecule has 2 aliphatic rings. The molecule has 4 N–H and O–H groups in total. The first kappa shape index (κ1) is 53.3. The van der Waals surface area contributed by atoms with Crippen LogP contribution in [0.4, 0.5) is 11.4 Å². The summed E-state index contributed by atoms with van der Waals surface area (Å²) in [5.74, 6) is -1.46. The molecule has 0 bridgehead atoms. The smallest absolute Gasteiger partial charge is 0.224 e. The fourth-order valence-electron chi connectivity index (χ4n) is 8.76. The predicted octanol–water partition coefficient (Wildman–Crippen LogP) is 8.26. The van der Waals surface area contributed by atoms with Gasteiger partial charge in [-0.2, -0.15) is 0 Å². The van der Waals surface area contributed by atoms with Crippen molar-refractivity contribution in [2.45, 2.75) is 184 Å². The van der Waals surface area contributed by atoms with Crippen molar-refractivity contribution in [3.8, 4) is 0 Å². The Labute approximate surface area is 384 Å². The summed E-state index contributed by atoms with van der Waals surface area (Å²) in [7, 11) is 0. The molecule has 354 valence electrons. The second-order valence-electron chi connectivity index (χ2n) is 18.6. The van der Waals surface area contributed by atoms with Gasteiger partial charge in [0.15, 0.2) is 5.78 Å². The Morgan fingerprint density at radius 1 is 0.672 bits per heavy atom. The molecule has 12 nitrogen and oxygen atoms in total. The Bertz CT molecular complexity index is 1950. The summed E-state index contributed by atoms with van der Waals surface area (Å²) in [6.45, 7) is 26.2. The van der Waals surface area contributed by atoms with Crippen LogP contribution in [-0.2, 0) is 24.0 Å². The third kappa shape index (κ3) is 15.0. The molecule has 3 rings (SSSR count). The lowest BCUT2D eigenvalue weighted by molar-refractivity contribution is -0.586. The number of amides is 4. The van der Waals surface area contributed by atoms with E-state index in [1.807, 2.05) is 12.1 Å². The number of hydrogen-bond acceptors (Lipinski definition) is 7. The maximum absolute atomic E-state index is 14.3. The number of unbranched alkanes of at least 4 members (excludes halogenated alkanes) is 2. The standard InChI is InChI=1S/C52H80N6O6/c1-13-17-19-37(15-3)31-53-45(59)25-27-47(61)55-43-29-39(57(33(5)6)34(7)8)21-23-41(43)49-51(63)50(52(49)64)42-24-22-40(58(35(9)10)36(11)12)30-44(42)56-48(62)28-26-46(60)54-32-38(16-4)20-18-14-2/h21-24,29-30,33-38H,13-20,25-28,31-32H2,1-12H3,(H4,53,54,55,56,59,60,61,62,63,64). The SMILES string of the molecule is CCCCC(CC)CNC(=O)CCC(=O)NC1=CC(=[N+](C(C)C)C(C)C)C=C/C1=C1\C(=O)C(c2ccc(N(C(C)C)C(C)C)cc2NC(=O)CCC(=O)NCC(CC)CCCC)=C1[O-]. The molecule has 1 aromatic rings. The zero-order valence-corrected chi connectivity index (χ0v) is 41.2. The molecule has 0 aliphatic heterocycles. The summed E-state index contributed by atoms with van der Waals surface area (Å²) in [6, 6.07) is 5.78. The van der Waals surface area contributed by atoms with Gasteiger partial charge in [-0.05, 0) is 98.3 Å². The first-order valence-electron chi connectivity index (χ1n) is 24.2. The molecule has 2 atom stereocenters. The van der Waals surface area contributed by atoms with E-state index in [1.54, 1.807) is 24.3 Å². The normalized spacial score (nSPS) is 16.0. The molecule has 1 aromatic carbocycles. The molecule has 0 radical (unpaired) electrons. The average molecular weight is 885 g/mol. The van der Waals surface area contributed by atoms with Crippen molar-refractivity contribution in [2.75, 3.05) is 23.3 Å². The molecule has 0 aromatic heterocycles. The summed E-state index contributed by atoms with van der Waals surface area (Å²) in [5.41, 5.74) is 2.65. The second-order valence-corrected chi connectivity index (χ2v) is 18.6. The minimum atomic E-state index is -0.508. The van der Waals surface area contributed by atoms with Crippen LogP contribution in [0.2, 0.25) is 0 Å². The van der Waals surface area contributed by atoms with E-state index >= 15 is 0 Å². The number of rotatable bonds is 26. The van der Waals surface area contributed by atoms with E-state index in [4.69, 9.17) is 0 Å². The van der Waals surface area contributed by atoms with E-state index in [0.717, 1.165) is 62.8 Å². The Balaban J connectivity index is 2.00. The highest BCUT2D eigenvalue weighted by Gasteiger charge is 2.35. The Kier molecular flexibility index (Phi) is 21.7. The summed E-state index contributed by atoms with van der Waals surface area (Å²) in [5, 5.41) is 26.2. The van der Waals surface area contributed by atoms with Gasteiger partial charge in [-0.15, -0.1) is 0 Å². The maximum Gasteiger partial charge on any atom is 0.224 e. The number of carbonyl (C=O) groups excluding carboxylic acids is 5. The van der Waals surface area contributed by atoms with Gasteiger partial charge in [0.25, 0.3) is 0 Å². The fraction of sp³-hybridized carbons (Fsp3) is 0.615. The van der Waals surface area contributed by atoms with Crippen LogP contribution in [0.5, 0.6) is 0 Å². The number of nitrogens with one attached hydrogen (secondary N) is 4. The number of Topliss-reactive ketones (excluding diaryl/α,β-unsaturated/α-hetero) is 1. The van der Waals surface area contributed by atoms with E-state index in [9.17, 15) is 29.1 Å². The van der Waals surface area contributed by atoms with Gasteiger partial charge in [-0.3, -0.25) is 24.0 Å². The minimum Gasteiger partial charge on any atom is -0.871 e. The van der Waals surface area contributed by atoms with Gasteiger partial charge >= 0.3 is 0 Å². The van der Waals surface area contributed by atoms with Crippen LogP contribution in [0.25, 0.3) is 5.57 Å². The van der Waals surface area contributed by atoms with Crippen molar-refractivity contribution in [1.82, 2.24) is 16.0 Å². The van der Waals surface area contributed by atoms with Crippen LogP contribution in [0, 0.1) is 11.8 Å². The molecule has 0 spiro atoms. The third-order valence-electron chi connectivity index (χ3n) is 12.2. The van der Waals surface area contributed by atoms with Crippen LogP contribution >= 0.6 is 0 Å². The number of ketones is 1. The summed E-state index contributed by atoms with van der Waals surface area (Å²) < 4.78 is 2.18. The predicted molar refractivity (Wildman–Crippen MR) is 259 cm³/mol. The average Bonchev–Trinajstić information content (AvgIpc) is 3.23. The summed E-state index contributed by atoms with van der Waals surface area (Å²) in [6.07, 6.45) is 13.6. The zero-order valence-electron chi connectivity index (χ0n) is 41.2. The van der Waals surface area contributed by atoms with E-state index in [1.165, 1.54) is 0 Å². The molecule has 0 saturated heterocycles. The van der Waals surface area contributed by atoms with Gasteiger partial charge in [-0.25, -0.2) is 4.58 Å². The highest BCUT2D eigenvalue weighted by atomic mass is 16.3. The lowest BCUT2D eigenvalue weighted by Gasteiger charge is -2.36. The van der Waals surface area contributed by atoms with Gasteiger partial charge < -0.3 is 31.3 Å². The lowest BCUT2D eigenvalue weighted by Crippen LogP contribution is -2.37. The van der Waals surface area contributed by atoms with Crippen LogP contribution in [0.1, 0.15) is 166 Å². The highest BCUT2D eigenvalue weighted by molar-refractivity contribution is 6.40. The second kappa shape index (κ2) is 26.1. The largest absolute Gasteiger partial charge is 0.871 e. The van der Waals surface area contributed by atoms with Crippen molar-refractivity contribution < 1.29 is 33.7 Å². The summed E-state index contributed by atoms with van der Waals surface area (Å²) >= 11 is 0. The quantitative estimate of drug-likeness (QED) is 0.0538. The molecule has 2 unspecified atom stereocenters. The molecule has 0 saturated carbocycles. The van der Waals surface area contributed by atoms with Gasteiger partial charge in [0.2, 0.25) is 29.3 Å². The van der Waals surface area contributed by atoms with E-state index < -0.39 is 23.4 Å². The maximum atomic E-state index is 14.3. The summed E-state index contributed by atoms with van der Waals surface area (Å²) in [4.78, 5) is 69.2. The van der Waals surface area contributed by atoms with Gasteiger partial charge in [-0.1, -0.05) is 78.0 Å². The molecule has 4 amide bonds. The van der Waals surface area contributed by atoms with Crippen molar-refractivity contribution in [3.63, 3.8) is 0 Å². The number of hydrogen-bond donors (Lipinski definition) is 4. The Hall–Kier alpha value is -5.00. The fourth-order valence-corrected chi connectivity index (χ4v) is 8.76. The number of carbonyl (C=O) groups is 5. The molecular weight excluding hydrogens is 805 g/mol. The third-order valence-corrected chi connectivity index (χ3v) is 12.2. The van der Waals surface area contributed by atoms with Crippen LogP contribution in [0.15, 0.2) is 59.0 Å². The van der Waals surface area contributed by atoms with E-state index in [-0.39, 0.29) is 83.9 Å². The number of nitrogens with zero attached hydrogens (tertiary/aromatic N) is 2. The van der Waals surface area contributed by atoms with Crippen molar-refractivity contribution in [3.05, 3.63) is 64.6 Å². The molecule has 12 heteroatoms. The van der Waals surface area contributed by atoms with Crippen molar-refractivity contribution in [1.29, 1.82) is 0 Å². The van der Waals surface area contributed by atoms with Gasteiger partial charge in [0.1, 0.15) is 12.1 Å². The van der Waals surface area contributed by atoms with E-state index in [0.29, 0.717) is 36.3 Å². The molecule has 0 fully saturated rings. The Morgan fingerprint density at radius 3 is 1.62 bits per heavy atom. The monoisotopic (exact) mass is 885 g/mol. The molecule has 2 aliphatic carbocycles. The molecular formula is C52H80N6O6. The Morgan fingerprint density at radius 2 is 1.17 bits per heavy atom. The van der Waals surface area contributed by atoms with E-state index in [2.05, 4.69) is 114 Å². The van der Waals surface area contributed by atoms with Crippen LogP contribution < -0.4 is 31.3 Å². The number of benzene rings is 1. The molecule has 64 heavy (non-hydrogen) atoms. The first-order chi connectivity index (χ1) is 30.4. The first-order valence-corrected chi connectivity index (χ1v) is 24.2. The highest BCUT2D eigenvalue weighted by Crippen LogP contribution is 2.42. The van der Waals surface area contributed by atoms with Crippen LogP contribution in [0.3, 0.4) is 0 Å². The van der Waals surface area contributed by atoms with Gasteiger partial charge in [0, 0.05) is 91.0 Å². The van der Waals surface area contributed by atoms with Crippen molar-refractivity contribution >= 4 is 52.1 Å². The minimum absolute atomic E-state index is 0.000122. The van der Waals surface area contributed by atoms with Crippen LogP contribution in [-0.4, -0.2) is 77.0 Å².